The number of hydrogen-bond acceptors (Lipinski definition) is 6. The summed E-state index contributed by atoms with van der Waals surface area (Å²) in [6.07, 6.45) is 5.57. The van der Waals surface area contributed by atoms with E-state index in [-0.39, 0.29) is 11.9 Å². The van der Waals surface area contributed by atoms with Gasteiger partial charge in [0.25, 0.3) is 0 Å². The zero-order valence-corrected chi connectivity index (χ0v) is 16.9. The van der Waals surface area contributed by atoms with Gasteiger partial charge >= 0.3 is 0 Å². The van der Waals surface area contributed by atoms with Gasteiger partial charge in [0.2, 0.25) is 0 Å². The summed E-state index contributed by atoms with van der Waals surface area (Å²) in [6, 6.07) is 9.97. The Bertz CT molecular complexity index is 924. The number of anilines is 3. The average Bonchev–Trinajstić information content (AvgIpc) is 3.18. The highest BCUT2D eigenvalue weighted by Gasteiger charge is 2.41. The number of nitrogens with zero attached hydrogens (tertiary/aromatic N) is 1. The van der Waals surface area contributed by atoms with E-state index in [1.165, 1.54) is 19.3 Å². The zero-order chi connectivity index (χ0) is 19.1. The van der Waals surface area contributed by atoms with Gasteiger partial charge in [0, 0.05) is 42.2 Å². The van der Waals surface area contributed by atoms with Crippen LogP contribution < -0.4 is 15.7 Å². The number of rotatable bonds is 5. The van der Waals surface area contributed by atoms with Crippen molar-refractivity contribution in [2.75, 3.05) is 47.3 Å². The van der Waals surface area contributed by atoms with Crippen molar-refractivity contribution in [2.45, 2.75) is 25.4 Å². The van der Waals surface area contributed by atoms with E-state index in [0.717, 1.165) is 64.7 Å². The summed E-state index contributed by atoms with van der Waals surface area (Å²) >= 11 is 1.80. The van der Waals surface area contributed by atoms with Gasteiger partial charge < -0.3 is 10.2 Å². The van der Waals surface area contributed by atoms with Crippen molar-refractivity contribution in [1.82, 2.24) is 0 Å². The molecule has 1 saturated heterocycles. The molecule has 146 valence electrons. The number of thioether (sulfide) groups is 1. The van der Waals surface area contributed by atoms with Crippen LogP contribution in [0, 0.1) is 0 Å². The fourth-order valence-electron chi connectivity index (χ4n) is 4.58. The zero-order valence-electron chi connectivity index (χ0n) is 16.1. The number of carbonyl (C=O) groups excluding carboxylic acids is 1. The van der Waals surface area contributed by atoms with Crippen LogP contribution in [0.5, 0.6) is 0 Å². The Morgan fingerprint density at radius 2 is 2.07 bits per heavy atom. The molecule has 2 aromatic carbocycles. The third-order valence-corrected chi connectivity index (χ3v) is 6.53. The van der Waals surface area contributed by atoms with Crippen molar-refractivity contribution in [3.8, 4) is 0 Å². The molecule has 0 bridgehead atoms. The molecule has 5 nitrogen and oxygen atoms in total. The summed E-state index contributed by atoms with van der Waals surface area (Å²) < 4.78 is 0. The largest absolute Gasteiger partial charge is 0.384 e. The van der Waals surface area contributed by atoms with Crippen LogP contribution in [-0.4, -0.2) is 37.4 Å². The summed E-state index contributed by atoms with van der Waals surface area (Å²) in [7, 11) is 0. The number of piperidine rings is 1. The van der Waals surface area contributed by atoms with Crippen molar-refractivity contribution in [2.24, 2.45) is 0 Å². The maximum absolute atomic E-state index is 13.4. The van der Waals surface area contributed by atoms with Gasteiger partial charge in [-0.25, -0.2) is 0 Å². The van der Waals surface area contributed by atoms with E-state index in [4.69, 9.17) is 4.84 Å². The third-order valence-electron chi connectivity index (χ3n) is 5.92. The van der Waals surface area contributed by atoms with Crippen molar-refractivity contribution >= 4 is 34.6 Å². The second-order valence-electron chi connectivity index (χ2n) is 7.59. The molecule has 1 fully saturated rings. The van der Waals surface area contributed by atoms with E-state index >= 15 is 0 Å². The van der Waals surface area contributed by atoms with Crippen LogP contribution in [0.1, 0.15) is 52.4 Å². The van der Waals surface area contributed by atoms with Crippen LogP contribution in [0.2, 0.25) is 0 Å². The summed E-state index contributed by atoms with van der Waals surface area (Å²) in [6.45, 7) is 2.93. The molecule has 0 saturated carbocycles. The Hall–Kier alpha value is -2.18. The monoisotopic (exact) mass is 395 g/mol. The van der Waals surface area contributed by atoms with Gasteiger partial charge in [-0.2, -0.15) is 11.8 Å². The molecule has 0 aromatic heterocycles. The van der Waals surface area contributed by atoms with Crippen molar-refractivity contribution in [3.05, 3.63) is 52.6 Å². The number of ketones is 1. The van der Waals surface area contributed by atoms with Crippen LogP contribution in [0.15, 0.2) is 30.3 Å². The van der Waals surface area contributed by atoms with Gasteiger partial charge in [-0.05, 0) is 37.1 Å². The molecule has 3 aliphatic rings. The number of hydrogen-bond donors (Lipinski definition) is 2. The Labute approximate surface area is 169 Å². The molecule has 0 amide bonds. The van der Waals surface area contributed by atoms with Crippen LogP contribution in [-0.2, 0) is 4.84 Å². The number of fused-ring (bicyclic) bond motifs is 2. The Morgan fingerprint density at radius 1 is 1.25 bits per heavy atom. The van der Waals surface area contributed by atoms with E-state index in [1.54, 1.807) is 11.8 Å². The maximum atomic E-state index is 13.4. The Kier molecular flexibility index (Phi) is 4.69. The molecule has 1 unspecified atom stereocenters. The van der Waals surface area contributed by atoms with Gasteiger partial charge in [-0.3, -0.25) is 15.1 Å². The minimum atomic E-state index is -0.232. The average molecular weight is 396 g/mol. The van der Waals surface area contributed by atoms with Crippen LogP contribution in [0.3, 0.4) is 0 Å². The predicted octanol–water partition coefficient (Wildman–Crippen LogP) is 4.44. The molecule has 1 aliphatic carbocycles. The van der Waals surface area contributed by atoms with Gasteiger partial charge in [0.15, 0.2) is 5.78 Å². The van der Waals surface area contributed by atoms with Crippen LogP contribution in [0.25, 0.3) is 0 Å². The smallest absolute Gasteiger partial charge is 0.195 e. The second kappa shape index (κ2) is 7.33. The van der Waals surface area contributed by atoms with E-state index in [2.05, 4.69) is 28.0 Å². The second-order valence-corrected chi connectivity index (χ2v) is 8.58. The first-order chi connectivity index (χ1) is 13.8. The highest BCUT2D eigenvalue weighted by atomic mass is 32.2. The summed E-state index contributed by atoms with van der Waals surface area (Å²) in [5, 5.41) is 3.54. The Morgan fingerprint density at radius 3 is 2.89 bits per heavy atom. The topological polar surface area (TPSA) is 53.6 Å². The lowest BCUT2D eigenvalue weighted by Crippen LogP contribution is -2.30. The summed E-state index contributed by atoms with van der Waals surface area (Å²) in [4.78, 5) is 21.9. The van der Waals surface area contributed by atoms with E-state index < -0.39 is 0 Å². The minimum absolute atomic E-state index is 0.0900. The molecule has 2 aromatic rings. The molecule has 2 N–H and O–H groups in total. The lowest BCUT2D eigenvalue weighted by molar-refractivity contribution is 0.101. The molecular formula is C22H25N3O2S. The molecule has 2 aliphatic heterocycles. The molecule has 5 rings (SSSR count). The van der Waals surface area contributed by atoms with E-state index in [1.807, 2.05) is 24.3 Å². The molecular weight excluding hydrogens is 370 g/mol. The standard InChI is InChI=1S/C22H25N3O2S/c1-28-12-9-23-16-13-17(25-10-5-2-6-11-25)20-19-18(16)21(26)14-7-3-4-8-15(14)22(19)27-24-20/h3-4,7-8,13,22-24H,2,5-6,9-12H2,1H3. The van der Waals surface area contributed by atoms with Gasteiger partial charge in [-0.15, -0.1) is 0 Å². The molecule has 2 heterocycles. The van der Waals surface area contributed by atoms with Crippen molar-refractivity contribution in [3.63, 3.8) is 0 Å². The quantitative estimate of drug-likeness (QED) is 0.730. The fraction of sp³-hybridized carbons (Fsp3) is 0.409. The highest BCUT2D eigenvalue weighted by Crippen LogP contribution is 2.51. The number of nitrogens with one attached hydrogen (secondary N) is 2. The predicted molar refractivity (Wildman–Crippen MR) is 116 cm³/mol. The van der Waals surface area contributed by atoms with Crippen molar-refractivity contribution < 1.29 is 9.63 Å². The van der Waals surface area contributed by atoms with Crippen LogP contribution >= 0.6 is 11.8 Å². The van der Waals surface area contributed by atoms with Gasteiger partial charge in [0.1, 0.15) is 6.10 Å². The van der Waals surface area contributed by atoms with Crippen LogP contribution in [0.4, 0.5) is 17.1 Å². The lowest BCUT2D eigenvalue weighted by Gasteiger charge is -2.32. The molecule has 6 heteroatoms. The van der Waals surface area contributed by atoms with E-state index in [9.17, 15) is 4.79 Å². The molecule has 1 atom stereocenters. The van der Waals surface area contributed by atoms with Gasteiger partial charge in [-0.1, -0.05) is 24.3 Å². The summed E-state index contributed by atoms with van der Waals surface area (Å²) in [5.74, 6) is 1.09. The first-order valence-electron chi connectivity index (χ1n) is 10.0. The number of benzene rings is 2. The molecule has 0 radical (unpaired) electrons. The molecule has 28 heavy (non-hydrogen) atoms. The SMILES string of the molecule is CSCCNc1cc(N2CCCCC2)c2c3c1C(=O)c1ccccc1C3ON2. The minimum Gasteiger partial charge on any atom is -0.384 e. The fourth-order valence-corrected chi connectivity index (χ4v) is 4.88. The third kappa shape index (κ3) is 2.78. The maximum Gasteiger partial charge on any atom is 0.195 e. The first kappa shape index (κ1) is 17.9. The summed E-state index contributed by atoms with van der Waals surface area (Å²) in [5.41, 5.74) is 9.71. The van der Waals surface area contributed by atoms with E-state index in [0.29, 0.717) is 0 Å². The normalized spacial score (nSPS) is 19.8. The molecule has 0 spiro atoms. The highest BCUT2D eigenvalue weighted by molar-refractivity contribution is 7.98. The lowest BCUT2D eigenvalue weighted by atomic mass is 9.81. The first-order valence-corrected chi connectivity index (χ1v) is 11.4. The number of carbonyl (C=O) groups is 1. The Balaban J connectivity index is 1.67. The van der Waals surface area contributed by atoms with Gasteiger partial charge in [0.05, 0.1) is 16.9 Å². The van der Waals surface area contributed by atoms with Crippen molar-refractivity contribution in [1.29, 1.82) is 0 Å².